The van der Waals surface area contributed by atoms with Gasteiger partial charge in [0.15, 0.2) is 0 Å². The molecule has 19 heavy (non-hydrogen) atoms. The van der Waals surface area contributed by atoms with E-state index in [4.69, 9.17) is 11.6 Å². The Bertz CT molecular complexity index is 624. The van der Waals surface area contributed by atoms with Crippen LogP contribution in [-0.4, -0.2) is 7.05 Å². The van der Waals surface area contributed by atoms with Crippen molar-refractivity contribution in [3.05, 3.63) is 58.4 Å². The van der Waals surface area contributed by atoms with Crippen molar-refractivity contribution in [2.75, 3.05) is 7.05 Å². The first kappa shape index (κ1) is 12.6. The highest BCUT2D eigenvalue weighted by Crippen LogP contribution is 2.36. The summed E-state index contributed by atoms with van der Waals surface area (Å²) in [6.45, 7) is 0. The minimum absolute atomic E-state index is 0.256. The fraction of sp³-hybridized carbons (Fsp3) is 0.250. The van der Waals surface area contributed by atoms with E-state index in [1.54, 1.807) is 6.07 Å². The van der Waals surface area contributed by atoms with Crippen LogP contribution in [-0.2, 0) is 6.42 Å². The summed E-state index contributed by atoms with van der Waals surface area (Å²) in [5, 5.41) is 3.90. The molecule has 0 heterocycles. The molecule has 0 saturated carbocycles. The van der Waals surface area contributed by atoms with Gasteiger partial charge in [-0.05, 0) is 54.8 Å². The van der Waals surface area contributed by atoms with Gasteiger partial charge in [0.25, 0.3) is 0 Å². The Hall–Kier alpha value is -1.38. The maximum absolute atomic E-state index is 13.4. The van der Waals surface area contributed by atoms with Crippen LogP contribution >= 0.6 is 11.6 Å². The van der Waals surface area contributed by atoms with Gasteiger partial charge in [0.05, 0.1) is 0 Å². The minimum atomic E-state index is -0.256. The van der Waals surface area contributed by atoms with Crippen molar-refractivity contribution < 1.29 is 4.39 Å². The van der Waals surface area contributed by atoms with Gasteiger partial charge in [0.2, 0.25) is 0 Å². The molecular formula is C16H15ClFN. The average molecular weight is 276 g/mol. The lowest BCUT2D eigenvalue weighted by Gasteiger charge is -2.11. The third-order valence-corrected chi connectivity index (χ3v) is 4.14. The van der Waals surface area contributed by atoms with Gasteiger partial charge in [-0.25, -0.2) is 4.39 Å². The molecular weight excluding hydrogens is 261 g/mol. The first-order valence-corrected chi connectivity index (χ1v) is 6.82. The first-order chi connectivity index (χ1) is 9.19. The van der Waals surface area contributed by atoms with Gasteiger partial charge < -0.3 is 5.32 Å². The van der Waals surface area contributed by atoms with E-state index in [-0.39, 0.29) is 5.82 Å². The van der Waals surface area contributed by atoms with Crippen molar-refractivity contribution >= 4 is 11.6 Å². The Balaban J connectivity index is 2.06. The molecule has 0 aromatic heterocycles. The van der Waals surface area contributed by atoms with Gasteiger partial charge in [-0.1, -0.05) is 29.8 Å². The van der Waals surface area contributed by atoms with Crippen molar-refractivity contribution in [2.45, 2.75) is 18.9 Å². The predicted octanol–water partition coefficient (Wildman–Crippen LogP) is 4.35. The largest absolute Gasteiger partial charge is 0.313 e. The Labute approximate surface area is 117 Å². The fourth-order valence-corrected chi connectivity index (χ4v) is 3.03. The molecule has 1 nitrogen and oxygen atoms in total. The van der Waals surface area contributed by atoms with Crippen LogP contribution < -0.4 is 5.32 Å². The summed E-state index contributed by atoms with van der Waals surface area (Å²) in [5.74, 6) is -0.256. The molecule has 0 spiro atoms. The number of aryl methyl sites for hydroxylation is 1. The van der Waals surface area contributed by atoms with Gasteiger partial charge in [-0.2, -0.15) is 0 Å². The van der Waals surface area contributed by atoms with Gasteiger partial charge >= 0.3 is 0 Å². The predicted molar refractivity (Wildman–Crippen MR) is 77.0 cm³/mol. The summed E-state index contributed by atoms with van der Waals surface area (Å²) in [5.41, 5.74) is 4.42. The standard InChI is InChI=1S/C16H15ClFN/c1-19-16-7-3-10-8-11(2-5-13(10)16)14-9-12(18)4-6-15(14)17/h2,4-6,8-9,16,19H,3,7H2,1H3. The highest BCUT2D eigenvalue weighted by atomic mass is 35.5. The van der Waals surface area contributed by atoms with Crippen LogP contribution in [0.2, 0.25) is 5.02 Å². The molecule has 1 aliphatic carbocycles. The van der Waals surface area contributed by atoms with Crippen molar-refractivity contribution in [3.63, 3.8) is 0 Å². The van der Waals surface area contributed by atoms with E-state index in [1.165, 1.54) is 23.3 Å². The molecule has 1 atom stereocenters. The Morgan fingerprint density at radius 1 is 1.21 bits per heavy atom. The number of benzene rings is 2. The number of halogens is 2. The summed E-state index contributed by atoms with van der Waals surface area (Å²) in [6.07, 6.45) is 2.17. The molecule has 98 valence electrons. The summed E-state index contributed by atoms with van der Waals surface area (Å²) in [6, 6.07) is 11.2. The highest BCUT2D eigenvalue weighted by molar-refractivity contribution is 6.33. The van der Waals surface area contributed by atoms with Crippen LogP contribution in [0.25, 0.3) is 11.1 Å². The van der Waals surface area contributed by atoms with Gasteiger partial charge in [0.1, 0.15) is 5.82 Å². The first-order valence-electron chi connectivity index (χ1n) is 6.44. The maximum atomic E-state index is 13.4. The van der Waals surface area contributed by atoms with Crippen LogP contribution in [0.3, 0.4) is 0 Å². The molecule has 0 aliphatic heterocycles. The SMILES string of the molecule is CNC1CCc2cc(-c3cc(F)ccc3Cl)ccc21. The van der Waals surface area contributed by atoms with Crippen LogP contribution in [0.5, 0.6) is 0 Å². The van der Waals surface area contributed by atoms with E-state index in [1.807, 2.05) is 13.1 Å². The highest BCUT2D eigenvalue weighted by Gasteiger charge is 2.21. The Kier molecular flexibility index (Phi) is 3.29. The van der Waals surface area contributed by atoms with Crippen LogP contribution in [0.1, 0.15) is 23.6 Å². The molecule has 0 bridgehead atoms. The normalized spacial score (nSPS) is 17.5. The van der Waals surface area contributed by atoms with Crippen LogP contribution in [0, 0.1) is 5.82 Å². The zero-order valence-corrected chi connectivity index (χ0v) is 11.5. The van der Waals surface area contributed by atoms with Gasteiger partial charge in [-0.15, -0.1) is 0 Å². The molecule has 0 radical (unpaired) electrons. The van der Waals surface area contributed by atoms with Crippen molar-refractivity contribution in [1.82, 2.24) is 5.32 Å². The van der Waals surface area contributed by atoms with E-state index in [0.717, 1.165) is 24.0 Å². The molecule has 1 unspecified atom stereocenters. The fourth-order valence-electron chi connectivity index (χ4n) is 2.80. The summed E-state index contributed by atoms with van der Waals surface area (Å²) < 4.78 is 13.4. The van der Waals surface area contributed by atoms with Crippen molar-refractivity contribution in [2.24, 2.45) is 0 Å². The van der Waals surface area contributed by atoms with E-state index >= 15 is 0 Å². The van der Waals surface area contributed by atoms with Gasteiger partial charge in [-0.3, -0.25) is 0 Å². The third-order valence-electron chi connectivity index (χ3n) is 3.81. The summed E-state index contributed by atoms with van der Waals surface area (Å²) in [4.78, 5) is 0. The topological polar surface area (TPSA) is 12.0 Å². The Morgan fingerprint density at radius 2 is 2.05 bits per heavy atom. The molecule has 2 aromatic rings. The summed E-state index contributed by atoms with van der Waals surface area (Å²) in [7, 11) is 1.98. The van der Waals surface area contributed by atoms with E-state index in [2.05, 4.69) is 17.4 Å². The molecule has 0 amide bonds. The monoisotopic (exact) mass is 275 g/mol. The maximum Gasteiger partial charge on any atom is 0.123 e. The van der Waals surface area contributed by atoms with Gasteiger partial charge in [0, 0.05) is 16.6 Å². The minimum Gasteiger partial charge on any atom is -0.313 e. The van der Waals surface area contributed by atoms with Crippen molar-refractivity contribution in [3.8, 4) is 11.1 Å². The quantitative estimate of drug-likeness (QED) is 0.859. The second-order valence-electron chi connectivity index (χ2n) is 4.92. The van der Waals surface area contributed by atoms with E-state index in [9.17, 15) is 4.39 Å². The lowest BCUT2D eigenvalue weighted by Crippen LogP contribution is -2.12. The van der Waals surface area contributed by atoms with E-state index in [0.29, 0.717) is 11.1 Å². The lowest BCUT2D eigenvalue weighted by atomic mass is 9.99. The number of rotatable bonds is 2. The lowest BCUT2D eigenvalue weighted by molar-refractivity contribution is 0.590. The van der Waals surface area contributed by atoms with E-state index < -0.39 is 0 Å². The number of hydrogen-bond donors (Lipinski definition) is 1. The zero-order valence-electron chi connectivity index (χ0n) is 10.7. The Morgan fingerprint density at radius 3 is 2.84 bits per heavy atom. The molecule has 0 fully saturated rings. The number of hydrogen-bond acceptors (Lipinski definition) is 1. The molecule has 3 rings (SSSR count). The summed E-state index contributed by atoms with van der Waals surface area (Å²) >= 11 is 6.16. The smallest absolute Gasteiger partial charge is 0.123 e. The van der Waals surface area contributed by atoms with Crippen LogP contribution in [0.4, 0.5) is 4.39 Å². The van der Waals surface area contributed by atoms with Crippen LogP contribution in [0.15, 0.2) is 36.4 Å². The second-order valence-corrected chi connectivity index (χ2v) is 5.32. The molecule has 1 aliphatic rings. The second kappa shape index (κ2) is 4.95. The number of nitrogens with one attached hydrogen (secondary N) is 1. The molecule has 2 aromatic carbocycles. The number of fused-ring (bicyclic) bond motifs is 1. The molecule has 0 saturated heterocycles. The zero-order chi connectivity index (χ0) is 13.4. The van der Waals surface area contributed by atoms with Crippen molar-refractivity contribution in [1.29, 1.82) is 0 Å². The average Bonchev–Trinajstić information content (AvgIpc) is 2.83. The molecule has 3 heteroatoms. The molecule has 1 N–H and O–H groups in total. The third kappa shape index (κ3) is 2.26.